The number of benzene rings is 1. The van der Waals surface area contributed by atoms with Crippen LogP contribution in [0.1, 0.15) is 24.8 Å². The molecule has 0 bridgehead atoms. The maximum atomic E-state index is 13.9. The minimum atomic E-state index is -6.33. The van der Waals surface area contributed by atoms with Crippen molar-refractivity contribution in [1.82, 2.24) is 9.91 Å². The predicted octanol–water partition coefficient (Wildman–Crippen LogP) is 3.35. The van der Waals surface area contributed by atoms with Gasteiger partial charge < -0.3 is 21.9 Å². The molecule has 0 saturated carbocycles. The maximum Gasteiger partial charge on any atom is 0.454 e. The van der Waals surface area contributed by atoms with Crippen LogP contribution in [-0.4, -0.2) is 77.7 Å². The van der Waals surface area contributed by atoms with Crippen LogP contribution in [0.2, 0.25) is 0 Å². The van der Waals surface area contributed by atoms with Crippen LogP contribution in [0.5, 0.6) is 0 Å². The summed E-state index contributed by atoms with van der Waals surface area (Å²) in [6.45, 7) is -6.25. The van der Waals surface area contributed by atoms with Crippen LogP contribution >= 0.6 is 0 Å². The van der Waals surface area contributed by atoms with E-state index in [9.17, 15) is 48.7 Å². The van der Waals surface area contributed by atoms with Crippen molar-refractivity contribution in [2.75, 3.05) is 19.6 Å². The summed E-state index contributed by atoms with van der Waals surface area (Å²) in [6.07, 6.45) is -14.0. The molecule has 1 atom stereocenters. The first kappa shape index (κ1) is 34.5. The van der Waals surface area contributed by atoms with E-state index >= 15 is 0 Å². The molecule has 9 nitrogen and oxygen atoms in total. The summed E-state index contributed by atoms with van der Waals surface area (Å²) in [5, 5.41) is 11.6. The van der Waals surface area contributed by atoms with Crippen LogP contribution in [0.3, 0.4) is 0 Å². The Bertz CT molecular complexity index is 972. The molecule has 19 heteroatoms. The lowest BCUT2D eigenvalue weighted by Gasteiger charge is -2.36. The summed E-state index contributed by atoms with van der Waals surface area (Å²) in [7, 11) is 0. The van der Waals surface area contributed by atoms with Gasteiger partial charge in [0, 0.05) is 6.54 Å². The van der Waals surface area contributed by atoms with Gasteiger partial charge >= 0.3 is 30.2 Å². The molecule has 0 unspecified atom stereocenters. The number of ether oxygens (including phenoxy) is 1. The molecule has 1 rings (SSSR count). The molecule has 0 amide bonds. The Morgan fingerprint density at radius 2 is 1.38 bits per heavy atom. The van der Waals surface area contributed by atoms with Crippen molar-refractivity contribution in [1.29, 1.82) is 5.41 Å². The number of hydrazone groups is 1. The lowest BCUT2D eigenvalue weighted by molar-refractivity contribution is -0.305. The second kappa shape index (κ2) is 13.7. The number of carbonyl (C=O) groups is 1. The van der Waals surface area contributed by atoms with Gasteiger partial charge in [-0.1, -0.05) is 30.3 Å². The average Bonchev–Trinajstić information content (AvgIpc) is 2.80. The van der Waals surface area contributed by atoms with Crippen LogP contribution in [0.15, 0.2) is 35.4 Å². The molecule has 0 heterocycles. The Morgan fingerprint density at radius 1 is 0.875 bits per heavy atom. The third-order valence-electron chi connectivity index (χ3n) is 5.18. The largest absolute Gasteiger partial charge is 0.460 e. The topological polar surface area (TPSA) is 147 Å². The highest BCUT2D eigenvalue weighted by molar-refractivity contribution is 5.80. The van der Waals surface area contributed by atoms with E-state index in [0.29, 0.717) is 5.56 Å². The van der Waals surface area contributed by atoms with Crippen molar-refractivity contribution in [2.24, 2.45) is 22.3 Å². The van der Waals surface area contributed by atoms with Crippen LogP contribution in [0.25, 0.3) is 0 Å². The highest BCUT2D eigenvalue weighted by atomic mass is 19.4. The Morgan fingerprint density at radius 3 is 1.80 bits per heavy atom. The lowest BCUT2D eigenvalue weighted by atomic mass is 10.1. The van der Waals surface area contributed by atoms with Crippen LogP contribution in [0, 0.1) is 5.41 Å². The SMILES string of the molecule is N=C(N)N(CCCC[C@H](C(=O)OCc1ccccc1)N(CC(F)(F)C(F)(F)F)CC(F)(F)C(F)(F)F)N=C(N)N. The van der Waals surface area contributed by atoms with E-state index in [1.54, 1.807) is 6.07 Å². The summed E-state index contributed by atoms with van der Waals surface area (Å²) >= 11 is 0. The number of rotatable bonds is 14. The molecular weight excluding hydrogens is 572 g/mol. The number of guanidine groups is 2. The number of alkyl halides is 10. The smallest absolute Gasteiger partial charge is 0.454 e. The van der Waals surface area contributed by atoms with E-state index in [1.165, 1.54) is 24.3 Å². The zero-order valence-electron chi connectivity index (χ0n) is 20.6. The Hall–Kier alpha value is -3.51. The molecule has 40 heavy (non-hydrogen) atoms. The minimum Gasteiger partial charge on any atom is -0.460 e. The molecule has 1 aromatic carbocycles. The molecule has 0 aromatic heterocycles. The van der Waals surface area contributed by atoms with Gasteiger partial charge in [-0.15, -0.1) is 5.10 Å². The van der Waals surface area contributed by atoms with E-state index in [4.69, 9.17) is 27.3 Å². The molecule has 1 aromatic rings. The first-order chi connectivity index (χ1) is 18.2. The highest BCUT2D eigenvalue weighted by Gasteiger charge is 2.62. The molecular formula is C21H27F10N7O2. The van der Waals surface area contributed by atoms with Crippen molar-refractivity contribution in [3.8, 4) is 0 Å². The molecule has 0 aliphatic heterocycles. The number of nitrogens with one attached hydrogen (secondary N) is 1. The zero-order chi connectivity index (χ0) is 30.9. The summed E-state index contributed by atoms with van der Waals surface area (Å²) in [5.41, 5.74) is 15.9. The number of halogens is 10. The van der Waals surface area contributed by atoms with E-state index in [0.717, 1.165) is 5.01 Å². The quantitative estimate of drug-likeness (QED) is 0.0641. The Labute approximate surface area is 221 Å². The number of hydrogen-bond acceptors (Lipinski definition) is 5. The Balaban J connectivity index is 3.32. The van der Waals surface area contributed by atoms with Crippen molar-refractivity contribution >= 4 is 17.9 Å². The van der Waals surface area contributed by atoms with Gasteiger partial charge in [0.05, 0.1) is 13.1 Å². The number of hydrogen-bond donors (Lipinski definition) is 4. The van der Waals surface area contributed by atoms with E-state index in [2.05, 4.69) is 5.10 Å². The van der Waals surface area contributed by atoms with E-state index in [1.807, 2.05) is 0 Å². The van der Waals surface area contributed by atoms with Crippen molar-refractivity contribution in [3.05, 3.63) is 35.9 Å². The summed E-state index contributed by atoms with van der Waals surface area (Å²) < 4.78 is 138. The van der Waals surface area contributed by atoms with Gasteiger partial charge in [-0.25, -0.2) is 5.01 Å². The van der Waals surface area contributed by atoms with Crippen molar-refractivity contribution in [3.63, 3.8) is 0 Å². The second-order valence-corrected chi connectivity index (χ2v) is 8.45. The molecule has 228 valence electrons. The molecule has 0 radical (unpaired) electrons. The molecule has 7 N–H and O–H groups in total. The predicted molar refractivity (Wildman–Crippen MR) is 122 cm³/mol. The zero-order valence-corrected chi connectivity index (χ0v) is 20.6. The molecule has 0 spiro atoms. The van der Waals surface area contributed by atoms with Gasteiger partial charge in [0.2, 0.25) is 11.9 Å². The number of nitrogens with zero attached hydrogens (tertiary/aromatic N) is 3. The third kappa shape index (κ3) is 10.6. The van der Waals surface area contributed by atoms with Gasteiger partial charge in [-0.2, -0.15) is 43.9 Å². The normalized spacial score (nSPS) is 13.6. The summed E-state index contributed by atoms with van der Waals surface area (Å²) in [6, 6.07) is 5.03. The molecule has 0 aliphatic carbocycles. The molecule has 0 saturated heterocycles. The van der Waals surface area contributed by atoms with Gasteiger partial charge in [-0.05, 0) is 24.8 Å². The van der Waals surface area contributed by atoms with E-state index in [-0.39, 0.29) is 19.4 Å². The van der Waals surface area contributed by atoms with E-state index < -0.39 is 79.1 Å². The number of unbranched alkanes of at least 4 members (excludes halogenated alkanes) is 1. The van der Waals surface area contributed by atoms with Crippen LogP contribution in [-0.2, 0) is 16.1 Å². The minimum absolute atomic E-state index is 0.169. The number of nitrogens with two attached hydrogens (primary N) is 3. The molecule has 0 aliphatic rings. The summed E-state index contributed by atoms with van der Waals surface area (Å²) in [5.74, 6) is -14.4. The first-order valence-electron chi connectivity index (χ1n) is 11.2. The number of esters is 1. The monoisotopic (exact) mass is 599 g/mol. The highest BCUT2D eigenvalue weighted by Crippen LogP contribution is 2.40. The fraction of sp³-hybridized carbons (Fsp3) is 0.571. The maximum absolute atomic E-state index is 13.9. The van der Waals surface area contributed by atoms with Crippen LogP contribution < -0.4 is 17.2 Å². The standard InChI is InChI=1S/C21H27F10N7O2/c22-18(23,20(26,27)28)11-37(12-19(24,25)21(29,30)31)14(15(39)40-10-13-6-2-1-3-7-13)8-4-5-9-38(17(34)35)36-16(32)33/h1-3,6-7,14H,4-5,8-12H2,(H3,34,35)(H4,32,33,36)/t14-/m1/s1. The Kier molecular flexibility index (Phi) is 11.8. The van der Waals surface area contributed by atoms with Gasteiger partial charge in [-0.3, -0.25) is 15.1 Å². The first-order valence-corrected chi connectivity index (χ1v) is 11.2. The fourth-order valence-corrected chi connectivity index (χ4v) is 3.20. The van der Waals surface area contributed by atoms with Crippen molar-refractivity contribution in [2.45, 2.75) is 56.1 Å². The lowest BCUT2D eigenvalue weighted by Crippen LogP contribution is -2.57. The van der Waals surface area contributed by atoms with Gasteiger partial charge in [0.15, 0.2) is 0 Å². The third-order valence-corrected chi connectivity index (χ3v) is 5.18. The average molecular weight is 599 g/mol. The van der Waals surface area contributed by atoms with Crippen LogP contribution in [0.4, 0.5) is 43.9 Å². The van der Waals surface area contributed by atoms with Gasteiger partial charge in [0.25, 0.3) is 0 Å². The van der Waals surface area contributed by atoms with Crippen molar-refractivity contribution < 1.29 is 53.4 Å². The fourth-order valence-electron chi connectivity index (χ4n) is 3.20. The second-order valence-electron chi connectivity index (χ2n) is 8.45. The van der Waals surface area contributed by atoms with Gasteiger partial charge in [0.1, 0.15) is 12.6 Å². The molecule has 0 fully saturated rings. The number of carbonyl (C=O) groups excluding carboxylic acids is 1. The summed E-state index contributed by atoms with van der Waals surface area (Å²) in [4.78, 5) is 12.2.